The zero-order chi connectivity index (χ0) is 17.1. The van der Waals surface area contributed by atoms with Gasteiger partial charge < -0.3 is 5.73 Å². The van der Waals surface area contributed by atoms with E-state index in [1.54, 1.807) is 24.7 Å². The highest BCUT2D eigenvalue weighted by molar-refractivity contribution is 6.29. The summed E-state index contributed by atoms with van der Waals surface area (Å²) >= 11 is 0. The number of rotatable bonds is 4. The number of nitrogens with zero attached hydrogens (tertiary/aromatic N) is 2. The molecule has 24 heavy (non-hydrogen) atoms. The predicted molar refractivity (Wildman–Crippen MR) is 96.4 cm³/mol. The minimum atomic E-state index is -0.157. The lowest BCUT2D eigenvalue weighted by Gasteiger charge is -2.10. The highest BCUT2D eigenvalue weighted by atomic mass is 16.1. The highest BCUT2D eigenvalue weighted by Gasteiger charge is 2.16. The van der Waals surface area contributed by atoms with Gasteiger partial charge in [-0.05, 0) is 25.1 Å². The molecule has 0 spiro atoms. The Morgan fingerprint density at radius 1 is 1.08 bits per heavy atom. The van der Waals surface area contributed by atoms with Gasteiger partial charge in [-0.15, -0.1) is 0 Å². The van der Waals surface area contributed by atoms with Gasteiger partial charge in [-0.25, -0.2) is 4.98 Å². The Morgan fingerprint density at radius 3 is 2.62 bits per heavy atom. The van der Waals surface area contributed by atoms with Crippen molar-refractivity contribution in [2.75, 3.05) is 5.73 Å². The zero-order valence-corrected chi connectivity index (χ0v) is 13.4. The number of Topliss-reactive ketones (excluding diaryl/α,β-unsaturated/α-hetero) is 1. The molecule has 0 saturated carbocycles. The van der Waals surface area contributed by atoms with Crippen molar-refractivity contribution in [2.45, 2.75) is 6.92 Å². The van der Waals surface area contributed by atoms with Crippen molar-refractivity contribution in [3.8, 4) is 11.1 Å². The van der Waals surface area contributed by atoms with Gasteiger partial charge in [-0.2, -0.15) is 0 Å². The fourth-order valence-electron chi connectivity index (χ4n) is 2.49. The number of pyridine rings is 2. The lowest BCUT2D eigenvalue weighted by Crippen LogP contribution is -2.06. The summed E-state index contributed by atoms with van der Waals surface area (Å²) in [7, 11) is 0. The van der Waals surface area contributed by atoms with Gasteiger partial charge in [0.1, 0.15) is 5.82 Å². The maximum absolute atomic E-state index is 12.7. The van der Waals surface area contributed by atoms with E-state index in [1.165, 1.54) is 0 Å². The molecule has 0 saturated heterocycles. The zero-order valence-electron chi connectivity index (χ0n) is 13.4. The van der Waals surface area contributed by atoms with Crippen LogP contribution in [-0.4, -0.2) is 15.8 Å². The number of carbonyl (C=O) groups excluding carboxylic acids is 1. The first-order valence-corrected chi connectivity index (χ1v) is 7.53. The summed E-state index contributed by atoms with van der Waals surface area (Å²) in [6.45, 7) is 5.88. The van der Waals surface area contributed by atoms with Gasteiger partial charge in [0.25, 0.3) is 0 Å². The summed E-state index contributed by atoms with van der Waals surface area (Å²) in [5.74, 6) is 0.129. The Hall–Kier alpha value is -3.27. The number of nitrogen functional groups attached to an aromatic ring is 1. The van der Waals surface area contributed by atoms with Crippen LogP contribution in [0.1, 0.15) is 21.5 Å². The molecule has 0 atom stereocenters. The van der Waals surface area contributed by atoms with E-state index in [4.69, 9.17) is 5.73 Å². The van der Waals surface area contributed by atoms with Crippen molar-refractivity contribution in [3.63, 3.8) is 0 Å². The summed E-state index contributed by atoms with van der Waals surface area (Å²) in [4.78, 5) is 21.0. The molecule has 0 bridgehead atoms. The van der Waals surface area contributed by atoms with Crippen LogP contribution >= 0.6 is 0 Å². The SMILES string of the molecule is C=C(C(=O)c1cccc(C)c1)c1cc(-c2cccnc2)cnc1N. The molecule has 2 heterocycles. The molecule has 0 aliphatic carbocycles. The second-order valence-electron chi connectivity index (χ2n) is 5.58. The van der Waals surface area contributed by atoms with Crippen molar-refractivity contribution in [2.24, 2.45) is 0 Å². The van der Waals surface area contributed by atoms with Crippen molar-refractivity contribution >= 4 is 17.2 Å². The molecular formula is C20H17N3O. The highest BCUT2D eigenvalue weighted by Crippen LogP contribution is 2.27. The van der Waals surface area contributed by atoms with E-state index < -0.39 is 0 Å². The molecule has 4 heteroatoms. The Labute approximate surface area is 140 Å². The third-order valence-corrected chi connectivity index (χ3v) is 3.79. The van der Waals surface area contributed by atoms with Crippen LogP contribution < -0.4 is 5.73 Å². The normalized spacial score (nSPS) is 10.4. The first-order valence-electron chi connectivity index (χ1n) is 7.53. The van der Waals surface area contributed by atoms with Crippen LogP contribution in [-0.2, 0) is 0 Å². The van der Waals surface area contributed by atoms with Gasteiger partial charge in [0.05, 0.1) is 0 Å². The molecule has 3 rings (SSSR count). The number of ketones is 1. The standard InChI is InChI=1S/C20H17N3O/c1-13-5-3-6-15(9-13)19(24)14(2)18-10-17(12-23-20(18)21)16-7-4-8-22-11-16/h3-12H,2H2,1H3,(H2,21,23). The number of allylic oxidation sites excluding steroid dienone is 1. The van der Waals surface area contributed by atoms with Gasteiger partial charge in [0, 0.05) is 46.4 Å². The lowest BCUT2D eigenvalue weighted by molar-refractivity contribution is 0.105. The summed E-state index contributed by atoms with van der Waals surface area (Å²) in [5.41, 5.74) is 10.2. The summed E-state index contributed by atoms with van der Waals surface area (Å²) < 4.78 is 0. The lowest BCUT2D eigenvalue weighted by atomic mass is 9.96. The van der Waals surface area contributed by atoms with Gasteiger partial charge in [-0.3, -0.25) is 9.78 Å². The predicted octanol–water partition coefficient (Wildman–Crippen LogP) is 3.93. The molecule has 0 aliphatic heterocycles. The smallest absolute Gasteiger partial charge is 0.193 e. The van der Waals surface area contributed by atoms with Gasteiger partial charge in [0.15, 0.2) is 5.78 Å². The fraction of sp³-hybridized carbons (Fsp3) is 0.0500. The molecule has 2 N–H and O–H groups in total. The minimum absolute atomic E-state index is 0.157. The number of hydrogen-bond acceptors (Lipinski definition) is 4. The van der Waals surface area contributed by atoms with Crippen molar-refractivity contribution in [3.05, 3.63) is 84.3 Å². The van der Waals surface area contributed by atoms with Crippen LogP contribution in [0.15, 0.2) is 67.6 Å². The van der Waals surface area contributed by atoms with Crippen LogP contribution in [0.4, 0.5) is 5.82 Å². The number of benzene rings is 1. The van der Waals surface area contributed by atoms with Crippen LogP contribution in [0, 0.1) is 6.92 Å². The number of nitrogens with two attached hydrogens (primary N) is 1. The molecule has 1 aromatic carbocycles. The van der Waals surface area contributed by atoms with Crippen LogP contribution in [0.25, 0.3) is 16.7 Å². The Morgan fingerprint density at radius 2 is 1.92 bits per heavy atom. The van der Waals surface area contributed by atoms with Crippen molar-refractivity contribution < 1.29 is 4.79 Å². The molecule has 0 unspecified atom stereocenters. The second kappa shape index (κ2) is 6.46. The third-order valence-electron chi connectivity index (χ3n) is 3.79. The van der Waals surface area contributed by atoms with Crippen molar-refractivity contribution in [1.82, 2.24) is 9.97 Å². The molecule has 3 aromatic rings. The Balaban J connectivity index is 1.99. The molecule has 118 valence electrons. The minimum Gasteiger partial charge on any atom is -0.383 e. The van der Waals surface area contributed by atoms with E-state index in [1.807, 2.05) is 43.3 Å². The fourth-order valence-corrected chi connectivity index (χ4v) is 2.49. The van der Waals surface area contributed by atoms with E-state index in [2.05, 4.69) is 16.5 Å². The van der Waals surface area contributed by atoms with Crippen LogP contribution in [0.3, 0.4) is 0 Å². The van der Waals surface area contributed by atoms with E-state index in [0.717, 1.165) is 16.7 Å². The maximum Gasteiger partial charge on any atom is 0.193 e. The molecule has 0 fully saturated rings. The van der Waals surface area contributed by atoms with Gasteiger partial charge >= 0.3 is 0 Å². The molecule has 0 radical (unpaired) electrons. The van der Waals surface area contributed by atoms with Gasteiger partial charge in [-0.1, -0.05) is 36.4 Å². The molecule has 0 amide bonds. The summed E-state index contributed by atoms with van der Waals surface area (Å²) in [6, 6.07) is 13.0. The topological polar surface area (TPSA) is 68.9 Å². The quantitative estimate of drug-likeness (QED) is 0.585. The molecule has 2 aromatic heterocycles. The number of aryl methyl sites for hydroxylation is 1. The largest absolute Gasteiger partial charge is 0.383 e. The number of carbonyl (C=O) groups is 1. The first kappa shape index (κ1) is 15.6. The van der Waals surface area contributed by atoms with Crippen LogP contribution in [0.2, 0.25) is 0 Å². The number of anilines is 1. The first-order chi connectivity index (χ1) is 11.6. The average molecular weight is 315 g/mol. The maximum atomic E-state index is 12.7. The number of hydrogen-bond donors (Lipinski definition) is 1. The third kappa shape index (κ3) is 3.08. The van der Waals surface area contributed by atoms with E-state index in [-0.39, 0.29) is 11.6 Å². The molecule has 0 aliphatic rings. The molecule has 4 nitrogen and oxygen atoms in total. The van der Waals surface area contributed by atoms with Crippen molar-refractivity contribution in [1.29, 1.82) is 0 Å². The van der Waals surface area contributed by atoms with Gasteiger partial charge in [0.2, 0.25) is 0 Å². The summed E-state index contributed by atoms with van der Waals surface area (Å²) in [5, 5.41) is 0. The molecular weight excluding hydrogens is 298 g/mol. The number of aromatic nitrogens is 2. The second-order valence-corrected chi connectivity index (χ2v) is 5.58. The summed E-state index contributed by atoms with van der Waals surface area (Å²) in [6.07, 6.45) is 5.11. The van der Waals surface area contributed by atoms with E-state index in [9.17, 15) is 4.79 Å². The van der Waals surface area contributed by atoms with E-state index >= 15 is 0 Å². The van der Waals surface area contributed by atoms with E-state index in [0.29, 0.717) is 16.7 Å². The monoisotopic (exact) mass is 315 g/mol. The Bertz CT molecular complexity index is 917. The average Bonchev–Trinajstić information content (AvgIpc) is 2.61. The Kier molecular flexibility index (Phi) is 4.20. The van der Waals surface area contributed by atoms with Crippen LogP contribution in [0.5, 0.6) is 0 Å².